The van der Waals surface area contributed by atoms with Crippen LogP contribution in [0.2, 0.25) is 0 Å². The van der Waals surface area contributed by atoms with Crippen molar-refractivity contribution in [1.82, 2.24) is 0 Å². The summed E-state index contributed by atoms with van der Waals surface area (Å²) in [5.41, 5.74) is 5.26. The molecule has 2 heteroatoms. The van der Waals surface area contributed by atoms with Crippen molar-refractivity contribution in [3.8, 4) is 0 Å². The minimum absolute atomic E-state index is 0.269. The average molecular weight is 235 g/mol. The summed E-state index contributed by atoms with van der Waals surface area (Å²) < 4.78 is 0. The summed E-state index contributed by atoms with van der Waals surface area (Å²) in [6.45, 7) is 9.76. The molecule has 1 aromatic carbocycles. The molecule has 0 heterocycles. The van der Waals surface area contributed by atoms with Gasteiger partial charge in [0.15, 0.2) is 0 Å². The molecule has 0 saturated carbocycles. The van der Waals surface area contributed by atoms with E-state index < -0.39 is 0 Å². The van der Waals surface area contributed by atoms with Crippen LogP contribution in [0.5, 0.6) is 0 Å². The molecule has 0 bridgehead atoms. The van der Waals surface area contributed by atoms with Gasteiger partial charge in [0.2, 0.25) is 0 Å². The van der Waals surface area contributed by atoms with Gasteiger partial charge < -0.3 is 10.0 Å². The fourth-order valence-corrected chi connectivity index (χ4v) is 2.16. The van der Waals surface area contributed by atoms with E-state index in [1.807, 2.05) is 0 Å². The molecule has 1 N–H and O–H groups in total. The minimum atomic E-state index is 0.269. The molecule has 1 unspecified atom stereocenters. The number of hydrogen-bond acceptors (Lipinski definition) is 2. The van der Waals surface area contributed by atoms with Crippen molar-refractivity contribution in [2.24, 2.45) is 5.92 Å². The Morgan fingerprint density at radius 3 is 2.24 bits per heavy atom. The first kappa shape index (κ1) is 14.0. The number of aliphatic hydroxyl groups is 1. The second kappa shape index (κ2) is 6.06. The van der Waals surface area contributed by atoms with Crippen LogP contribution in [0.4, 0.5) is 5.69 Å². The van der Waals surface area contributed by atoms with Crippen molar-refractivity contribution in [3.63, 3.8) is 0 Å². The Balaban J connectivity index is 2.88. The second-order valence-corrected chi connectivity index (χ2v) is 5.06. The Bertz CT molecular complexity index is 369. The van der Waals surface area contributed by atoms with Crippen LogP contribution in [0.15, 0.2) is 12.1 Å². The maximum atomic E-state index is 9.26. The molecule has 0 saturated heterocycles. The molecule has 0 aromatic heterocycles. The van der Waals surface area contributed by atoms with Crippen LogP contribution < -0.4 is 4.90 Å². The largest absolute Gasteiger partial charge is 0.396 e. The van der Waals surface area contributed by atoms with Gasteiger partial charge in [0.1, 0.15) is 0 Å². The van der Waals surface area contributed by atoms with Crippen LogP contribution in [0, 0.1) is 26.7 Å². The first-order chi connectivity index (χ1) is 7.99. The van der Waals surface area contributed by atoms with Gasteiger partial charge in [-0.15, -0.1) is 0 Å². The van der Waals surface area contributed by atoms with Crippen molar-refractivity contribution in [1.29, 1.82) is 0 Å². The topological polar surface area (TPSA) is 23.5 Å². The summed E-state index contributed by atoms with van der Waals surface area (Å²) in [4.78, 5) is 2.26. The molecule has 96 valence electrons. The van der Waals surface area contributed by atoms with Gasteiger partial charge in [0.25, 0.3) is 0 Å². The molecule has 0 aliphatic heterocycles. The Morgan fingerprint density at radius 2 is 1.71 bits per heavy atom. The lowest BCUT2D eigenvalue weighted by molar-refractivity contribution is 0.225. The highest BCUT2D eigenvalue weighted by atomic mass is 16.3. The molecule has 0 aliphatic rings. The fourth-order valence-electron chi connectivity index (χ4n) is 2.16. The number of benzene rings is 1. The van der Waals surface area contributed by atoms with Gasteiger partial charge in [-0.2, -0.15) is 0 Å². The number of nitrogens with zero attached hydrogens (tertiary/aromatic N) is 1. The quantitative estimate of drug-likeness (QED) is 0.848. The second-order valence-electron chi connectivity index (χ2n) is 5.06. The molecule has 0 fully saturated rings. The number of aryl methyl sites for hydroxylation is 3. The molecule has 17 heavy (non-hydrogen) atoms. The zero-order chi connectivity index (χ0) is 13.0. The monoisotopic (exact) mass is 235 g/mol. The maximum absolute atomic E-state index is 9.26. The highest BCUT2D eigenvalue weighted by Crippen LogP contribution is 2.24. The summed E-state index contributed by atoms with van der Waals surface area (Å²) in [7, 11) is 2.11. The van der Waals surface area contributed by atoms with Crippen molar-refractivity contribution >= 4 is 5.69 Å². The van der Waals surface area contributed by atoms with Crippen LogP contribution in [-0.4, -0.2) is 25.3 Å². The van der Waals surface area contributed by atoms with Gasteiger partial charge in [-0.3, -0.25) is 0 Å². The Morgan fingerprint density at radius 1 is 1.12 bits per heavy atom. The molecule has 0 radical (unpaired) electrons. The van der Waals surface area contributed by atoms with Crippen molar-refractivity contribution < 1.29 is 5.11 Å². The summed E-state index contributed by atoms with van der Waals surface area (Å²) >= 11 is 0. The van der Waals surface area contributed by atoms with Crippen LogP contribution in [0.25, 0.3) is 0 Å². The first-order valence-electron chi connectivity index (χ1n) is 6.39. The van der Waals surface area contributed by atoms with Crippen LogP contribution >= 0.6 is 0 Å². The van der Waals surface area contributed by atoms with E-state index in [1.54, 1.807) is 0 Å². The Kier molecular flexibility index (Phi) is 5.01. The van der Waals surface area contributed by atoms with Crippen molar-refractivity contribution in [2.75, 3.05) is 25.1 Å². The van der Waals surface area contributed by atoms with E-state index in [4.69, 9.17) is 0 Å². The van der Waals surface area contributed by atoms with Crippen LogP contribution in [-0.2, 0) is 0 Å². The van der Waals surface area contributed by atoms with Gasteiger partial charge >= 0.3 is 0 Å². The van der Waals surface area contributed by atoms with Gasteiger partial charge in [-0.1, -0.05) is 13.0 Å². The van der Waals surface area contributed by atoms with Gasteiger partial charge in [-0.25, -0.2) is 0 Å². The summed E-state index contributed by atoms with van der Waals surface area (Å²) in [6, 6.07) is 4.48. The third-order valence-electron chi connectivity index (χ3n) is 3.59. The van der Waals surface area contributed by atoms with Crippen LogP contribution in [0.3, 0.4) is 0 Å². The fraction of sp³-hybridized carbons (Fsp3) is 0.600. The molecule has 0 aliphatic carbocycles. The van der Waals surface area contributed by atoms with E-state index >= 15 is 0 Å². The van der Waals surface area contributed by atoms with E-state index in [2.05, 4.69) is 51.8 Å². The van der Waals surface area contributed by atoms with E-state index in [1.165, 1.54) is 22.4 Å². The molecule has 1 aromatic rings. The SMILES string of the molecule is CCC(CO)CN(C)c1cc(C)c(C)cc1C. The molecule has 0 amide bonds. The minimum Gasteiger partial charge on any atom is -0.396 e. The Hall–Kier alpha value is -1.02. The highest BCUT2D eigenvalue weighted by molar-refractivity contribution is 5.56. The normalized spacial score (nSPS) is 12.6. The molecule has 1 atom stereocenters. The lowest BCUT2D eigenvalue weighted by Gasteiger charge is -2.26. The van der Waals surface area contributed by atoms with E-state index in [0.29, 0.717) is 5.92 Å². The van der Waals surface area contributed by atoms with Gasteiger partial charge in [-0.05, 0) is 55.9 Å². The van der Waals surface area contributed by atoms with E-state index in [-0.39, 0.29) is 6.61 Å². The third kappa shape index (κ3) is 3.47. The third-order valence-corrected chi connectivity index (χ3v) is 3.59. The van der Waals surface area contributed by atoms with Gasteiger partial charge in [0, 0.05) is 25.9 Å². The number of anilines is 1. The zero-order valence-corrected chi connectivity index (χ0v) is 11.7. The average Bonchev–Trinajstić information content (AvgIpc) is 2.30. The van der Waals surface area contributed by atoms with Gasteiger partial charge in [0.05, 0.1) is 0 Å². The van der Waals surface area contributed by atoms with Crippen molar-refractivity contribution in [3.05, 3.63) is 28.8 Å². The summed E-state index contributed by atoms with van der Waals surface area (Å²) in [5, 5.41) is 9.26. The first-order valence-corrected chi connectivity index (χ1v) is 6.39. The standard InChI is InChI=1S/C15H25NO/c1-6-14(10-17)9-16(5)15-8-12(3)11(2)7-13(15)4/h7-8,14,17H,6,9-10H2,1-5H3. The molecule has 2 nitrogen and oxygen atoms in total. The van der Waals surface area contributed by atoms with Crippen LogP contribution in [0.1, 0.15) is 30.0 Å². The molecule has 0 spiro atoms. The predicted molar refractivity (Wildman–Crippen MR) is 74.8 cm³/mol. The number of aliphatic hydroxyl groups excluding tert-OH is 1. The van der Waals surface area contributed by atoms with E-state index in [0.717, 1.165) is 13.0 Å². The zero-order valence-electron chi connectivity index (χ0n) is 11.7. The summed E-state index contributed by atoms with van der Waals surface area (Å²) in [6.07, 6.45) is 1.02. The molecule has 1 rings (SSSR count). The number of hydrogen-bond donors (Lipinski definition) is 1. The molecular weight excluding hydrogens is 210 g/mol. The lowest BCUT2D eigenvalue weighted by Crippen LogP contribution is -2.27. The predicted octanol–water partition coefficient (Wildman–Crippen LogP) is 3.07. The molecular formula is C15H25NO. The van der Waals surface area contributed by atoms with Crippen molar-refractivity contribution in [2.45, 2.75) is 34.1 Å². The smallest absolute Gasteiger partial charge is 0.0476 e. The highest BCUT2D eigenvalue weighted by Gasteiger charge is 2.11. The maximum Gasteiger partial charge on any atom is 0.0476 e. The lowest BCUT2D eigenvalue weighted by atomic mass is 10.0. The Labute approximate surface area is 105 Å². The van der Waals surface area contributed by atoms with E-state index in [9.17, 15) is 5.11 Å². The summed E-state index contributed by atoms with van der Waals surface area (Å²) in [5.74, 6) is 0.362. The number of rotatable bonds is 5.